The number of carbonyl (C=O) groups excluding carboxylic acids is 1. The highest BCUT2D eigenvalue weighted by atomic mass is 16.5. The highest BCUT2D eigenvalue weighted by Gasteiger charge is 2.24. The largest absolute Gasteiger partial charge is 0.359 e. The molecule has 1 aromatic rings. The molecule has 0 spiro atoms. The molecular weight excluding hydrogens is 266 g/mol. The van der Waals surface area contributed by atoms with E-state index in [-0.39, 0.29) is 11.8 Å². The van der Waals surface area contributed by atoms with Crippen molar-refractivity contribution in [2.24, 2.45) is 5.92 Å². The van der Waals surface area contributed by atoms with Gasteiger partial charge in [-0.05, 0) is 39.2 Å². The van der Waals surface area contributed by atoms with E-state index >= 15 is 0 Å². The Morgan fingerprint density at radius 1 is 1.52 bits per heavy atom. The fourth-order valence-electron chi connectivity index (χ4n) is 3.00. The van der Waals surface area contributed by atoms with Gasteiger partial charge in [-0.1, -0.05) is 19.0 Å². The SMILES string of the molecule is CCC(CC)c1cc(CNC(=O)[C@H]2CCN[C@@H](C)C2)on1. The third-order valence-corrected chi connectivity index (χ3v) is 4.41. The van der Waals surface area contributed by atoms with E-state index < -0.39 is 0 Å². The van der Waals surface area contributed by atoms with E-state index in [4.69, 9.17) is 4.52 Å². The number of amides is 1. The van der Waals surface area contributed by atoms with Crippen molar-refractivity contribution in [2.75, 3.05) is 6.54 Å². The van der Waals surface area contributed by atoms with Crippen molar-refractivity contribution in [3.8, 4) is 0 Å². The van der Waals surface area contributed by atoms with Crippen LogP contribution in [0.2, 0.25) is 0 Å². The summed E-state index contributed by atoms with van der Waals surface area (Å²) in [6.45, 7) is 7.79. The number of nitrogens with zero attached hydrogens (tertiary/aromatic N) is 1. The first-order valence-electron chi connectivity index (χ1n) is 8.10. The van der Waals surface area contributed by atoms with Crippen LogP contribution in [-0.4, -0.2) is 23.7 Å². The molecule has 0 aliphatic carbocycles. The van der Waals surface area contributed by atoms with Crippen LogP contribution >= 0.6 is 0 Å². The first-order chi connectivity index (χ1) is 10.1. The summed E-state index contributed by atoms with van der Waals surface area (Å²) < 4.78 is 5.33. The lowest BCUT2D eigenvalue weighted by atomic mass is 9.92. The molecule has 21 heavy (non-hydrogen) atoms. The Bertz CT molecular complexity index is 454. The van der Waals surface area contributed by atoms with Crippen LogP contribution in [0.4, 0.5) is 0 Å². The topological polar surface area (TPSA) is 67.2 Å². The lowest BCUT2D eigenvalue weighted by Gasteiger charge is -2.26. The van der Waals surface area contributed by atoms with Gasteiger partial charge in [0.25, 0.3) is 0 Å². The molecule has 2 N–H and O–H groups in total. The molecule has 1 amide bonds. The molecule has 1 fully saturated rings. The van der Waals surface area contributed by atoms with Crippen molar-refractivity contribution in [1.29, 1.82) is 0 Å². The van der Waals surface area contributed by atoms with Gasteiger partial charge >= 0.3 is 0 Å². The van der Waals surface area contributed by atoms with E-state index in [1.807, 2.05) is 6.07 Å². The van der Waals surface area contributed by atoms with Crippen LogP contribution in [0.15, 0.2) is 10.6 Å². The minimum atomic E-state index is 0.114. The smallest absolute Gasteiger partial charge is 0.223 e. The molecule has 0 unspecified atom stereocenters. The third kappa shape index (κ3) is 4.30. The second-order valence-electron chi connectivity index (χ2n) is 6.03. The van der Waals surface area contributed by atoms with Crippen LogP contribution in [0, 0.1) is 5.92 Å². The van der Waals surface area contributed by atoms with Crippen molar-refractivity contribution in [3.05, 3.63) is 17.5 Å². The van der Waals surface area contributed by atoms with E-state index in [1.165, 1.54) is 0 Å². The molecule has 5 heteroatoms. The van der Waals surface area contributed by atoms with Crippen LogP contribution in [-0.2, 0) is 11.3 Å². The van der Waals surface area contributed by atoms with Gasteiger partial charge in [-0.25, -0.2) is 0 Å². The summed E-state index contributed by atoms with van der Waals surface area (Å²) in [7, 11) is 0. The van der Waals surface area contributed by atoms with Gasteiger partial charge in [0.1, 0.15) is 0 Å². The van der Waals surface area contributed by atoms with Crippen molar-refractivity contribution in [2.45, 2.75) is 65.0 Å². The molecule has 2 atom stereocenters. The molecule has 1 aliphatic heterocycles. The molecule has 2 rings (SSSR count). The zero-order chi connectivity index (χ0) is 15.2. The molecule has 118 valence electrons. The molecule has 0 saturated carbocycles. The maximum absolute atomic E-state index is 12.2. The Kier molecular flexibility index (Phi) is 5.79. The highest BCUT2D eigenvalue weighted by molar-refractivity contribution is 5.78. The van der Waals surface area contributed by atoms with Gasteiger partial charge in [-0.15, -0.1) is 0 Å². The molecule has 0 bridgehead atoms. The quantitative estimate of drug-likeness (QED) is 0.846. The van der Waals surface area contributed by atoms with Gasteiger partial charge < -0.3 is 15.2 Å². The van der Waals surface area contributed by atoms with E-state index in [0.717, 1.165) is 43.7 Å². The standard InChI is InChI=1S/C16H27N3O2/c1-4-12(5-2)15-9-14(21-19-15)10-18-16(20)13-6-7-17-11(3)8-13/h9,11-13,17H,4-8,10H2,1-3H3,(H,18,20)/t11-,13-/m0/s1. The van der Waals surface area contributed by atoms with Crippen molar-refractivity contribution < 1.29 is 9.32 Å². The first-order valence-corrected chi connectivity index (χ1v) is 8.10. The average Bonchev–Trinajstić information content (AvgIpc) is 2.95. The second-order valence-corrected chi connectivity index (χ2v) is 6.03. The average molecular weight is 293 g/mol. The van der Waals surface area contributed by atoms with E-state index in [9.17, 15) is 4.79 Å². The van der Waals surface area contributed by atoms with Crippen molar-refractivity contribution in [3.63, 3.8) is 0 Å². The normalized spacial score (nSPS) is 22.5. The first kappa shape index (κ1) is 16.0. The summed E-state index contributed by atoms with van der Waals surface area (Å²) in [6, 6.07) is 2.39. The molecule has 0 aromatic carbocycles. The Balaban J connectivity index is 1.84. The molecule has 0 radical (unpaired) electrons. The number of rotatable bonds is 6. The van der Waals surface area contributed by atoms with E-state index in [0.29, 0.717) is 18.5 Å². The minimum absolute atomic E-state index is 0.114. The Morgan fingerprint density at radius 3 is 2.95 bits per heavy atom. The Hall–Kier alpha value is -1.36. The summed E-state index contributed by atoms with van der Waals surface area (Å²) in [4.78, 5) is 12.2. The molecular formula is C16H27N3O2. The Morgan fingerprint density at radius 2 is 2.29 bits per heavy atom. The lowest BCUT2D eigenvalue weighted by Crippen LogP contribution is -2.42. The van der Waals surface area contributed by atoms with Gasteiger partial charge in [0.2, 0.25) is 5.91 Å². The Labute approximate surface area is 126 Å². The zero-order valence-electron chi connectivity index (χ0n) is 13.3. The predicted octanol–water partition coefficient (Wildman–Crippen LogP) is 2.58. The van der Waals surface area contributed by atoms with Crippen LogP contribution in [0.1, 0.15) is 63.8 Å². The molecule has 1 saturated heterocycles. The molecule has 1 aromatic heterocycles. The molecule has 2 heterocycles. The van der Waals surface area contributed by atoms with E-state index in [1.54, 1.807) is 0 Å². The molecule has 5 nitrogen and oxygen atoms in total. The number of piperidine rings is 1. The fraction of sp³-hybridized carbons (Fsp3) is 0.750. The van der Waals surface area contributed by atoms with E-state index in [2.05, 4.69) is 36.6 Å². The summed E-state index contributed by atoms with van der Waals surface area (Å²) in [5, 5.41) is 10.5. The lowest BCUT2D eigenvalue weighted by molar-refractivity contribution is -0.126. The van der Waals surface area contributed by atoms with Gasteiger partial charge in [-0.2, -0.15) is 0 Å². The van der Waals surface area contributed by atoms with Crippen LogP contribution in [0.5, 0.6) is 0 Å². The van der Waals surface area contributed by atoms with Gasteiger partial charge in [0.05, 0.1) is 12.2 Å². The molecule has 1 aliphatic rings. The van der Waals surface area contributed by atoms with Gasteiger partial charge in [-0.3, -0.25) is 4.79 Å². The maximum Gasteiger partial charge on any atom is 0.223 e. The predicted molar refractivity (Wildman–Crippen MR) is 81.9 cm³/mol. The summed E-state index contributed by atoms with van der Waals surface area (Å²) in [5.41, 5.74) is 1.000. The second kappa shape index (κ2) is 7.59. The number of hydrogen-bond donors (Lipinski definition) is 2. The maximum atomic E-state index is 12.2. The number of hydrogen-bond acceptors (Lipinski definition) is 4. The number of carbonyl (C=O) groups is 1. The number of aromatic nitrogens is 1. The van der Waals surface area contributed by atoms with Gasteiger partial charge in [0, 0.05) is 23.9 Å². The van der Waals surface area contributed by atoms with Crippen LogP contribution < -0.4 is 10.6 Å². The summed E-state index contributed by atoms with van der Waals surface area (Å²) in [5.74, 6) is 1.43. The summed E-state index contributed by atoms with van der Waals surface area (Å²) >= 11 is 0. The van der Waals surface area contributed by atoms with Crippen molar-refractivity contribution >= 4 is 5.91 Å². The number of nitrogens with one attached hydrogen (secondary N) is 2. The van der Waals surface area contributed by atoms with Crippen molar-refractivity contribution in [1.82, 2.24) is 15.8 Å². The van der Waals surface area contributed by atoms with Crippen LogP contribution in [0.25, 0.3) is 0 Å². The van der Waals surface area contributed by atoms with Gasteiger partial charge in [0.15, 0.2) is 5.76 Å². The zero-order valence-corrected chi connectivity index (χ0v) is 13.3. The third-order valence-electron chi connectivity index (χ3n) is 4.41. The monoisotopic (exact) mass is 293 g/mol. The minimum Gasteiger partial charge on any atom is -0.359 e. The highest BCUT2D eigenvalue weighted by Crippen LogP contribution is 2.22. The fourth-order valence-corrected chi connectivity index (χ4v) is 3.00. The summed E-state index contributed by atoms with van der Waals surface area (Å²) in [6.07, 6.45) is 3.93. The van der Waals surface area contributed by atoms with Crippen LogP contribution in [0.3, 0.4) is 0 Å².